The van der Waals surface area contributed by atoms with Gasteiger partial charge in [0, 0.05) is 24.0 Å². The number of nitroso groups, excluding NO2 is 1. The molecule has 0 aliphatic carbocycles. The van der Waals surface area contributed by atoms with Gasteiger partial charge in [0.15, 0.2) is 12.0 Å². The number of nitrogens with two attached hydrogens (primary N) is 1. The highest BCUT2D eigenvalue weighted by Crippen LogP contribution is 2.44. The molecule has 25 heavy (non-hydrogen) atoms. The van der Waals surface area contributed by atoms with Gasteiger partial charge in [0.1, 0.15) is 0 Å². The molecule has 4 rings (SSSR count). The number of thiophene rings is 1. The minimum Gasteiger partial charge on any atom is -0.492 e. The Kier molecular flexibility index (Phi) is 3.59. The van der Waals surface area contributed by atoms with Crippen LogP contribution in [0.25, 0.3) is 22.0 Å². The zero-order chi connectivity index (χ0) is 17.7. The minimum absolute atomic E-state index is 0.0716. The van der Waals surface area contributed by atoms with Gasteiger partial charge in [-0.3, -0.25) is 4.79 Å². The monoisotopic (exact) mass is 356 g/mol. The summed E-state index contributed by atoms with van der Waals surface area (Å²) in [5.74, 6) is 5.66. The van der Waals surface area contributed by atoms with Crippen LogP contribution in [0.4, 0.5) is 5.69 Å². The number of fused-ring (bicyclic) bond motifs is 3. The first-order valence-electron chi connectivity index (χ1n) is 7.79. The zero-order valence-electron chi connectivity index (χ0n) is 13.5. The Morgan fingerprint density at radius 1 is 1.36 bits per heavy atom. The van der Waals surface area contributed by atoms with Crippen molar-refractivity contribution in [2.75, 3.05) is 19.4 Å². The Morgan fingerprint density at radius 3 is 2.88 bits per heavy atom. The Hall–Kier alpha value is -2.71. The van der Waals surface area contributed by atoms with E-state index >= 15 is 0 Å². The molecule has 3 heterocycles. The van der Waals surface area contributed by atoms with Crippen molar-refractivity contribution >= 4 is 34.2 Å². The van der Waals surface area contributed by atoms with Crippen molar-refractivity contribution in [2.45, 2.75) is 13.0 Å². The lowest BCUT2D eigenvalue weighted by Gasteiger charge is -2.28. The van der Waals surface area contributed by atoms with Crippen LogP contribution in [0.5, 0.6) is 5.88 Å². The van der Waals surface area contributed by atoms with Crippen LogP contribution in [0.15, 0.2) is 22.7 Å². The Bertz CT molecular complexity index is 1020. The van der Waals surface area contributed by atoms with E-state index in [2.05, 4.69) is 10.1 Å². The number of hydrogen-bond acceptors (Lipinski definition) is 7. The second-order valence-electron chi connectivity index (χ2n) is 6.22. The van der Waals surface area contributed by atoms with Gasteiger partial charge in [-0.15, -0.1) is 16.2 Å². The summed E-state index contributed by atoms with van der Waals surface area (Å²) in [7, 11) is 2.01. The number of carbonyl (C=O) groups excluding carboxylic acids is 1. The van der Waals surface area contributed by atoms with Crippen LogP contribution in [-0.2, 0) is 13.0 Å². The average molecular weight is 356 g/mol. The van der Waals surface area contributed by atoms with Gasteiger partial charge in [0.05, 0.1) is 10.4 Å². The van der Waals surface area contributed by atoms with E-state index in [1.165, 1.54) is 11.3 Å². The second-order valence-corrected chi connectivity index (χ2v) is 7.16. The molecular weight excluding hydrogens is 340 g/mol. The number of benzene rings is 1. The van der Waals surface area contributed by atoms with Crippen LogP contribution in [0, 0.1) is 4.91 Å². The molecule has 0 saturated carbocycles. The van der Waals surface area contributed by atoms with Gasteiger partial charge in [0.2, 0.25) is 5.88 Å². The van der Waals surface area contributed by atoms with Gasteiger partial charge < -0.3 is 15.8 Å². The van der Waals surface area contributed by atoms with Crippen LogP contribution in [0.3, 0.4) is 0 Å². The molecule has 7 nitrogen and oxygen atoms in total. The third-order valence-corrected chi connectivity index (χ3v) is 5.65. The van der Waals surface area contributed by atoms with E-state index in [9.17, 15) is 14.8 Å². The maximum Gasteiger partial charge on any atom is 0.241 e. The standard InChI is InChI=1S/C17H16N4O3S/c1-20-4-2-9-11(10-3-5-25-14(10)8-22)6-12-15(19-24)17(23)21(18)16(12)13(9)7-20/h3,5-6,8,23H,2,4,7,18H2,1H3. The Labute approximate surface area is 147 Å². The molecule has 0 atom stereocenters. The fraction of sp³-hybridized carbons (Fsp3) is 0.235. The topological polar surface area (TPSA) is 101 Å². The summed E-state index contributed by atoms with van der Waals surface area (Å²) < 4.78 is 1.13. The zero-order valence-corrected chi connectivity index (χ0v) is 14.3. The van der Waals surface area contributed by atoms with Crippen LogP contribution >= 0.6 is 11.3 Å². The summed E-state index contributed by atoms with van der Waals surface area (Å²) in [4.78, 5) is 25.4. The molecule has 0 bridgehead atoms. The highest BCUT2D eigenvalue weighted by Gasteiger charge is 2.27. The van der Waals surface area contributed by atoms with Crippen molar-refractivity contribution in [3.05, 3.63) is 38.4 Å². The summed E-state index contributed by atoms with van der Waals surface area (Å²) in [6, 6.07) is 3.72. The fourth-order valence-corrected chi connectivity index (χ4v) is 4.35. The molecule has 8 heteroatoms. The molecule has 0 spiro atoms. The van der Waals surface area contributed by atoms with Crippen molar-refractivity contribution < 1.29 is 9.90 Å². The van der Waals surface area contributed by atoms with Gasteiger partial charge in [0.25, 0.3) is 0 Å². The molecule has 1 aromatic carbocycles. The van der Waals surface area contributed by atoms with Crippen LogP contribution in [0.2, 0.25) is 0 Å². The van der Waals surface area contributed by atoms with Gasteiger partial charge in [-0.1, -0.05) is 0 Å². The maximum absolute atomic E-state index is 11.4. The van der Waals surface area contributed by atoms with E-state index in [1.54, 1.807) is 0 Å². The quantitative estimate of drug-likeness (QED) is 0.427. The van der Waals surface area contributed by atoms with Crippen molar-refractivity contribution in [3.8, 4) is 17.0 Å². The highest BCUT2D eigenvalue weighted by atomic mass is 32.1. The van der Waals surface area contributed by atoms with Gasteiger partial charge in [-0.05, 0) is 52.8 Å². The number of aromatic nitrogens is 1. The summed E-state index contributed by atoms with van der Waals surface area (Å²) in [5.41, 5.74) is 4.32. The van der Waals surface area contributed by atoms with Gasteiger partial charge in [-0.25, -0.2) is 4.68 Å². The number of hydrogen-bond donors (Lipinski definition) is 2. The number of rotatable bonds is 3. The van der Waals surface area contributed by atoms with Crippen molar-refractivity contribution in [1.82, 2.24) is 9.58 Å². The first-order chi connectivity index (χ1) is 12.1. The van der Waals surface area contributed by atoms with Gasteiger partial charge in [-0.2, -0.15) is 0 Å². The lowest BCUT2D eigenvalue weighted by Crippen LogP contribution is -2.28. The molecule has 2 aromatic heterocycles. The maximum atomic E-state index is 11.4. The van der Waals surface area contributed by atoms with Crippen molar-refractivity contribution in [3.63, 3.8) is 0 Å². The molecule has 0 fully saturated rings. The molecule has 3 aromatic rings. The van der Waals surface area contributed by atoms with E-state index < -0.39 is 0 Å². The SMILES string of the molecule is CN1CCc2c(-c3ccsc3C=O)cc3c(N=O)c(O)n(N)c3c2C1. The second kappa shape index (κ2) is 5.68. The first-order valence-corrected chi connectivity index (χ1v) is 8.67. The fourth-order valence-electron chi connectivity index (χ4n) is 3.64. The molecule has 0 saturated heterocycles. The normalized spacial score (nSPS) is 14.6. The lowest BCUT2D eigenvalue weighted by molar-refractivity contribution is 0.112. The number of likely N-dealkylation sites (N-methyl/N-ethyl adjacent to an activating group) is 1. The smallest absolute Gasteiger partial charge is 0.241 e. The van der Waals surface area contributed by atoms with Crippen LogP contribution in [-0.4, -0.2) is 34.6 Å². The molecule has 0 radical (unpaired) electrons. The van der Waals surface area contributed by atoms with E-state index in [0.29, 0.717) is 22.3 Å². The molecule has 128 valence electrons. The first kappa shape index (κ1) is 15.8. The molecule has 0 unspecified atom stereocenters. The third kappa shape index (κ3) is 2.18. The molecular formula is C17H16N4O3S. The summed E-state index contributed by atoms with van der Waals surface area (Å²) >= 11 is 1.38. The Morgan fingerprint density at radius 2 is 2.16 bits per heavy atom. The summed E-state index contributed by atoms with van der Waals surface area (Å²) in [5, 5.41) is 15.5. The van der Waals surface area contributed by atoms with Crippen molar-refractivity contribution in [2.24, 2.45) is 5.18 Å². The number of carbonyl (C=O) groups is 1. The summed E-state index contributed by atoms with van der Waals surface area (Å²) in [6.07, 6.45) is 1.64. The van der Waals surface area contributed by atoms with E-state index in [-0.39, 0.29) is 11.6 Å². The van der Waals surface area contributed by atoms with Crippen LogP contribution < -0.4 is 5.84 Å². The molecule has 3 N–H and O–H groups in total. The van der Waals surface area contributed by atoms with Crippen molar-refractivity contribution in [1.29, 1.82) is 0 Å². The van der Waals surface area contributed by atoms with Gasteiger partial charge >= 0.3 is 0 Å². The number of aromatic hydroxyl groups is 1. The number of nitrogens with zero attached hydrogens (tertiary/aromatic N) is 3. The van der Waals surface area contributed by atoms with E-state index in [1.807, 2.05) is 24.6 Å². The summed E-state index contributed by atoms with van der Waals surface area (Å²) in [6.45, 7) is 1.52. The highest BCUT2D eigenvalue weighted by molar-refractivity contribution is 7.12. The third-order valence-electron chi connectivity index (χ3n) is 4.81. The molecule has 1 aliphatic rings. The minimum atomic E-state index is -0.349. The lowest BCUT2D eigenvalue weighted by atomic mass is 9.89. The number of nitrogen functional groups attached to an aromatic ring is 1. The van der Waals surface area contributed by atoms with E-state index in [4.69, 9.17) is 5.84 Å². The Balaban J connectivity index is 2.14. The largest absolute Gasteiger partial charge is 0.492 e. The van der Waals surface area contributed by atoms with E-state index in [0.717, 1.165) is 46.2 Å². The van der Waals surface area contributed by atoms with Crippen LogP contribution in [0.1, 0.15) is 20.8 Å². The predicted octanol–water partition coefficient (Wildman–Crippen LogP) is 2.99. The number of aldehydes is 1. The molecule has 0 amide bonds. The predicted molar refractivity (Wildman–Crippen MR) is 97.9 cm³/mol. The average Bonchev–Trinajstić information content (AvgIpc) is 3.17. The molecule has 1 aliphatic heterocycles.